The van der Waals surface area contributed by atoms with Crippen molar-refractivity contribution in [1.82, 2.24) is 19.3 Å². The van der Waals surface area contributed by atoms with Gasteiger partial charge in [0.05, 0.1) is 13.2 Å². The fraction of sp³-hybridized carbons (Fsp3) is 0.417. The molecule has 0 radical (unpaired) electrons. The molecule has 0 N–H and O–H groups in total. The number of hydrogen-bond donors (Lipinski definition) is 0. The zero-order valence-electron chi connectivity index (χ0n) is 10.8. The van der Waals surface area contributed by atoms with Gasteiger partial charge in [-0.1, -0.05) is 0 Å². The summed E-state index contributed by atoms with van der Waals surface area (Å²) in [5, 5.41) is 7.83. The maximum absolute atomic E-state index is 11.9. The van der Waals surface area contributed by atoms with Crippen LogP contribution in [0.1, 0.15) is 28.8 Å². The summed E-state index contributed by atoms with van der Waals surface area (Å²) in [6.07, 6.45) is 3.49. The summed E-state index contributed by atoms with van der Waals surface area (Å²) in [5.41, 5.74) is 1.47. The van der Waals surface area contributed by atoms with Gasteiger partial charge in [-0.3, -0.25) is 0 Å². The highest BCUT2D eigenvalue weighted by Gasteiger charge is 2.16. The van der Waals surface area contributed by atoms with E-state index in [-0.39, 0.29) is 5.97 Å². The van der Waals surface area contributed by atoms with E-state index in [1.54, 1.807) is 13.3 Å². The zero-order chi connectivity index (χ0) is 13.1. The first kappa shape index (κ1) is 12.3. The molecule has 2 aromatic heterocycles. The Labute approximate surface area is 105 Å². The van der Waals surface area contributed by atoms with E-state index in [4.69, 9.17) is 4.74 Å². The number of carbonyl (C=O) groups excluding carboxylic acids is 1. The summed E-state index contributed by atoms with van der Waals surface area (Å²) in [4.78, 5) is 11.9. The molecule has 0 atom stereocenters. The zero-order valence-corrected chi connectivity index (χ0v) is 10.8. The Morgan fingerprint density at radius 2 is 2.28 bits per heavy atom. The lowest BCUT2D eigenvalue weighted by Crippen LogP contribution is -2.15. The lowest BCUT2D eigenvalue weighted by Gasteiger charge is -2.09. The second-order valence-corrected chi connectivity index (χ2v) is 4.05. The van der Waals surface area contributed by atoms with Gasteiger partial charge in [0, 0.05) is 13.2 Å². The normalized spacial score (nSPS) is 10.6. The molecule has 0 unspecified atom stereocenters. The SMILES string of the molecule is CCOC(=O)c1c(C)ccn1Cc1nncn1C. The molecular weight excluding hydrogens is 232 g/mol. The molecule has 2 aromatic rings. The van der Waals surface area contributed by atoms with Crippen LogP contribution in [0.25, 0.3) is 0 Å². The Bertz CT molecular complexity index is 556. The van der Waals surface area contributed by atoms with Crippen LogP contribution >= 0.6 is 0 Å². The number of esters is 1. The largest absolute Gasteiger partial charge is 0.461 e. The van der Waals surface area contributed by atoms with Crippen LogP contribution in [0.4, 0.5) is 0 Å². The summed E-state index contributed by atoms with van der Waals surface area (Å²) in [6.45, 7) is 4.55. The minimum Gasteiger partial charge on any atom is -0.461 e. The quantitative estimate of drug-likeness (QED) is 0.761. The third-order valence-corrected chi connectivity index (χ3v) is 2.75. The van der Waals surface area contributed by atoms with E-state index in [0.29, 0.717) is 18.8 Å². The van der Waals surface area contributed by atoms with Crippen molar-refractivity contribution >= 4 is 5.97 Å². The predicted octanol–water partition coefficient (Wildman–Crippen LogP) is 1.15. The maximum atomic E-state index is 11.9. The second-order valence-electron chi connectivity index (χ2n) is 4.05. The van der Waals surface area contributed by atoms with Gasteiger partial charge in [-0.05, 0) is 25.5 Å². The molecule has 6 nitrogen and oxygen atoms in total. The highest BCUT2D eigenvalue weighted by Crippen LogP contribution is 2.13. The van der Waals surface area contributed by atoms with E-state index in [1.165, 1.54) is 0 Å². The molecule has 6 heteroatoms. The number of carbonyl (C=O) groups is 1. The van der Waals surface area contributed by atoms with Crippen LogP contribution in [0.15, 0.2) is 18.6 Å². The second kappa shape index (κ2) is 5.03. The van der Waals surface area contributed by atoms with E-state index in [9.17, 15) is 4.79 Å². The Balaban J connectivity index is 2.29. The molecule has 0 amide bonds. The highest BCUT2D eigenvalue weighted by atomic mass is 16.5. The molecule has 18 heavy (non-hydrogen) atoms. The molecule has 0 aliphatic carbocycles. The highest BCUT2D eigenvalue weighted by molar-refractivity contribution is 5.89. The van der Waals surface area contributed by atoms with Crippen LogP contribution in [0.5, 0.6) is 0 Å². The molecule has 0 spiro atoms. The standard InChI is InChI=1S/C12H16N4O2/c1-4-18-12(17)11-9(2)5-6-16(11)7-10-14-13-8-15(10)3/h5-6,8H,4,7H2,1-3H3. The summed E-state index contributed by atoms with van der Waals surface area (Å²) in [5.74, 6) is 0.485. The number of nitrogens with zero attached hydrogens (tertiary/aromatic N) is 4. The van der Waals surface area contributed by atoms with E-state index in [2.05, 4.69) is 10.2 Å². The molecule has 0 saturated carbocycles. The van der Waals surface area contributed by atoms with Crippen LogP contribution < -0.4 is 0 Å². The Morgan fingerprint density at radius 3 is 2.89 bits per heavy atom. The van der Waals surface area contributed by atoms with Gasteiger partial charge in [-0.2, -0.15) is 0 Å². The fourth-order valence-electron chi connectivity index (χ4n) is 1.79. The van der Waals surface area contributed by atoms with Crippen LogP contribution in [0.3, 0.4) is 0 Å². The average molecular weight is 248 g/mol. The maximum Gasteiger partial charge on any atom is 0.355 e. The van der Waals surface area contributed by atoms with Crippen molar-refractivity contribution in [1.29, 1.82) is 0 Å². The van der Waals surface area contributed by atoms with Gasteiger partial charge in [-0.15, -0.1) is 10.2 Å². The lowest BCUT2D eigenvalue weighted by molar-refractivity contribution is 0.0513. The van der Waals surface area contributed by atoms with Crippen LogP contribution in [0, 0.1) is 6.92 Å². The van der Waals surface area contributed by atoms with Crippen molar-refractivity contribution in [3.8, 4) is 0 Å². The van der Waals surface area contributed by atoms with Crippen molar-refractivity contribution in [2.45, 2.75) is 20.4 Å². The van der Waals surface area contributed by atoms with Crippen molar-refractivity contribution < 1.29 is 9.53 Å². The van der Waals surface area contributed by atoms with Gasteiger partial charge < -0.3 is 13.9 Å². The first-order valence-electron chi connectivity index (χ1n) is 5.79. The van der Waals surface area contributed by atoms with Gasteiger partial charge >= 0.3 is 5.97 Å². The molecule has 0 aliphatic heterocycles. The number of aromatic nitrogens is 4. The molecular formula is C12H16N4O2. The number of ether oxygens (including phenoxy) is 1. The molecule has 2 heterocycles. The third-order valence-electron chi connectivity index (χ3n) is 2.75. The van der Waals surface area contributed by atoms with Gasteiger partial charge in [-0.25, -0.2) is 4.79 Å². The first-order valence-corrected chi connectivity index (χ1v) is 5.79. The van der Waals surface area contributed by atoms with Crippen molar-refractivity contribution in [2.75, 3.05) is 6.61 Å². The first-order chi connectivity index (χ1) is 8.63. The summed E-state index contributed by atoms with van der Waals surface area (Å²) in [6, 6.07) is 1.89. The van der Waals surface area contributed by atoms with Crippen molar-refractivity contribution in [3.63, 3.8) is 0 Å². The Kier molecular flexibility index (Phi) is 3.45. The van der Waals surface area contributed by atoms with E-state index < -0.39 is 0 Å². The molecule has 0 aromatic carbocycles. The van der Waals surface area contributed by atoms with Gasteiger partial charge in [0.2, 0.25) is 0 Å². The topological polar surface area (TPSA) is 61.9 Å². The number of rotatable bonds is 4. The third kappa shape index (κ3) is 2.27. The van der Waals surface area contributed by atoms with Gasteiger partial charge in [0.1, 0.15) is 12.0 Å². The average Bonchev–Trinajstić information content (AvgIpc) is 2.88. The number of aryl methyl sites for hydroxylation is 2. The summed E-state index contributed by atoms with van der Waals surface area (Å²) in [7, 11) is 1.87. The Morgan fingerprint density at radius 1 is 1.50 bits per heavy atom. The molecule has 0 bridgehead atoms. The monoisotopic (exact) mass is 248 g/mol. The molecule has 0 fully saturated rings. The number of hydrogen-bond acceptors (Lipinski definition) is 4. The van der Waals surface area contributed by atoms with E-state index >= 15 is 0 Å². The lowest BCUT2D eigenvalue weighted by atomic mass is 10.3. The smallest absolute Gasteiger partial charge is 0.355 e. The molecule has 2 rings (SSSR count). The minimum absolute atomic E-state index is 0.304. The van der Waals surface area contributed by atoms with Crippen molar-refractivity contribution in [2.24, 2.45) is 7.05 Å². The predicted molar refractivity (Wildman–Crippen MR) is 65.2 cm³/mol. The summed E-state index contributed by atoms with van der Waals surface area (Å²) < 4.78 is 8.71. The van der Waals surface area contributed by atoms with E-state index in [1.807, 2.05) is 35.4 Å². The summed E-state index contributed by atoms with van der Waals surface area (Å²) >= 11 is 0. The van der Waals surface area contributed by atoms with Crippen LogP contribution in [0.2, 0.25) is 0 Å². The van der Waals surface area contributed by atoms with Crippen LogP contribution in [-0.2, 0) is 18.3 Å². The molecule has 0 saturated heterocycles. The Hall–Kier alpha value is -2.11. The molecule has 0 aliphatic rings. The molecule has 96 valence electrons. The minimum atomic E-state index is -0.304. The van der Waals surface area contributed by atoms with Crippen LogP contribution in [-0.4, -0.2) is 31.9 Å². The van der Waals surface area contributed by atoms with Gasteiger partial charge in [0.15, 0.2) is 5.82 Å². The fourth-order valence-corrected chi connectivity index (χ4v) is 1.79. The van der Waals surface area contributed by atoms with E-state index in [0.717, 1.165) is 11.4 Å². The van der Waals surface area contributed by atoms with Crippen molar-refractivity contribution in [3.05, 3.63) is 35.7 Å². The van der Waals surface area contributed by atoms with Gasteiger partial charge in [0.25, 0.3) is 0 Å².